The van der Waals surface area contributed by atoms with Crippen LogP contribution in [0.15, 0.2) is 62.9 Å². The first-order valence-corrected chi connectivity index (χ1v) is 13.8. The predicted octanol–water partition coefficient (Wildman–Crippen LogP) is 6.74. The highest BCUT2D eigenvalue weighted by molar-refractivity contribution is 9.10. The van der Waals surface area contributed by atoms with Crippen molar-refractivity contribution < 1.29 is 19.0 Å². The smallest absolute Gasteiger partial charge is 0.343 e. The standard InChI is InChI=1S/C30H29BrClN3O5/c1-6-39-26-11-18(4)22(14-21(26)17(2)3)29-34-25-10-8-7-9-20(25)30(37)35(29)33-15-19-12-23(31)28(24(32)13-19)40-16-27(36)38-5/h7-15,17H,6,16H2,1-5H3. The molecule has 4 rings (SSSR count). The quantitative estimate of drug-likeness (QED) is 0.151. The summed E-state index contributed by atoms with van der Waals surface area (Å²) in [5, 5.41) is 5.27. The van der Waals surface area contributed by atoms with Gasteiger partial charge in [0.15, 0.2) is 18.2 Å². The number of fused-ring (bicyclic) bond motifs is 1. The molecular formula is C30H29BrClN3O5. The Hall–Kier alpha value is -3.69. The number of aromatic nitrogens is 2. The van der Waals surface area contributed by atoms with E-state index >= 15 is 0 Å². The second-order valence-electron chi connectivity index (χ2n) is 9.29. The largest absolute Gasteiger partial charge is 0.494 e. The van der Waals surface area contributed by atoms with E-state index in [0.29, 0.717) is 39.1 Å². The van der Waals surface area contributed by atoms with Gasteiger partial charge in [0.05, 0.1) is 40.3 Å². The van der Waals surface area contributed by atoms with Gasteiger partial charge in [0.25, 0.3) is 5.56 Å². The first-order chi connectivity index (χ1) is 19.1. The molecule has 0 saturated carbocycles. The Morgan fingerprint density at radius 1 is 1.18 bits per heavy atom. The van der Waals surface area contributed by atoms with E-state index in [4.69, 9.17) is 26.1 Å². The molecule has 40 heavy (non-hydrogen) atoms. The number of halogens is 2. The molecule has 0 unspecified atom stereocenters. The van der Waals surface area contributed by atoms with Crippen LogP contribution in [0.5, 0.6) is 11.5 Å². The minimum Gasteiger partial charge on any atom is -0.494 e. The Morgan fingerprint density at radius 2 is 1.93 bits per heavy atom. The summed E-state index contributed by atoms with van der Waals surface area (Å²) >= 11 is 9.86. The third kappa shape index (κ3) is 6.21. The summed E-state index contributed by atoms with van der Waals surface area (Å²) < 4.78 is 17.8. The molecule has 3 aromatic carbocycles. The number of carbonyl (C=O) groups is 1. The number of carbonyl (C=O) groups excluding carboxylic acids is 1. The van der Waals surface area contributed by atoms with Gasteiger partial charge in [-0.1, -0.05) is 37.6 Å². The van der Waals surface area contributed by atoms with Crippen LogP contribution in [0.25, 0.3) is 22.3 Å². The van der Waals surface area contributed by atoms with Crippen molar-refractivity contribution >= 4 is 50.6 Å². The van der Waals surface area contributed by atoms with Crippen molar-refractivity contribution in [1.82, 2.24) is 9.66 Å². The second kappa shape index (κ2) is 12.7. The lowest BCUT2D eigenvalue weighted by Crippen LogP contribution is -2.21. The summed E-state index contributed by atoms with van der Waals surface area (Å²) in [5.41, 5.74) is 3.55. The maximum Gasteiger partial charge on any atom is 0.343 e. The van der Waals surface area contributed by atoms with Crippen LogP contribution in [-0.4, -0.2) is 42.2 Å². The zero-order valence-electron chi connectivity index (χ0n) is 22.8. The van der Waals surface area contributed by atoms with Crippen LogP contribution in [0.3, 0.4) is 0 Å². The van der Waals surface area contributed by atoms with Gasteiger partial charge in [-0.15, -0.1) is 0 Å². The summed E-state index contributed by atoms with van der Waals surface area (Å²) in [6.07, 6.45) is 1.52. The van der Waals surface area contributed by atoms with Gasteiger partial charge in [-0.25, -0.2) is 9.78 Å². The van der Waals surface area contributed by atoms with Gasteiger partial charge >= 0.3 is 5.97 Å². The summed E-state index contributed by atoms with van der Waals surface area (Å²) in [6, 6.07) is 14.5. The van der Waals surface area contributed by atoms with Crippen LogP contribution in [0.1, 0.15) is 43.4 Å². The fourth-order valence-corrected chi connectivity index (χ4v) is 5.17. The number of hydrogen-bond donors (Lipinski definition) is 0. The molecule has 1 heterocycles. The molecule has 0 aliphatic heterocycles. The zero-order chi connectivity index (χ0) is 29.0. The molecule has 0 spiro atoms. The van der Waals surface area contributed by atoms with E-state index in [0.717, 1.165) is 22.4 Å². The lowest BCUT2D eigenvalue weighted by molar-refractivity contribution is -0.142. The lowest BCUT2D eigenvalue weighted by atomic mass is 9.96. The molecule has 0 amide bonds. The maximum absolute atomic E-state index is 13.7. The Balaban J connectivity index is 1.86. The molecule has 10 heteroatoms. The Labute approximate surface area is 245 Å². The van der Waals surface area contributed by atoms with Gasteiger partial charge in [-0.05, 0) is 88.8 Å². The molecule has 8 nitrogen and oxygen atoms in total. The van der Waals surface area contributed by atoms with Crippen molar-refractivity contribution in [2.45, 2.75) is 33.6 Å². The molecule has 0 bridgehead atoms. The molecule has 0 aliphatic carbocycles. The van der Waals surface area contributed by atoms with E-state index < -0.39 is 5.97 Å². The van der Waals surface area contributed by atoms with Gasteiger partial charge in [-0.2, -0.15) is 9.78 Å². The van der Waals surface area contributed by atoms with Crippen LogP contribution in [0.4, 0.5) is 0 Å². The number of nitrogens with zero attached hydrogens (tertiary/aromatic N) is 3. The summed E-state index contributed by atoms with van der Waals surface area (Å²) in [4.78, 5) is 30.0. The van der Waals surface area contributed by atoms with E-state index in [1.165, 1.54) is 18.0 Å². The average molecular weight is 627 g/mol. The number of benzene rings is 3. The first kappa shape index (κ1) is 29.3. The fourth-order valence-electron chi connectivity index (χ4n) is 4.18. The maximum atomic E-state index is 13.7. The van der Waals surface area contributed by atoms with E-state index in [1.807, 2.05) is 38.1 Å². The van der Waals surface area contributed by atoms with Crippen molar-refractivity contribution in [1.29, 1.82) is 0 Å². The van der Waals surface area contributed by atoms with E-state index in [9.17, 15) is 9.59 Å². The van der Waals surface area contributed by atoms with E-state index in [-0.39, 0.29) is 23.1 Å². The highest BCUT2D eigenvalue weighted by atomic mass is 79.9. The molecule has 0 atom stereocenters. The number of hydrogen-bond acceptors (Lipinski definition) is 7. The summed E-state index contributed by atoms with van der Waals surface area (Å²) in [5.74, 6) is 1.16. The van der Waals surface area contributed by atoms with Gasteiger partial charge in [0.1, 0.15) is 5.75 Å². The van der Waals surface area contributed by atoms with Crippen LogP contribution in [0, 0.1) is 6.92 Å². The normalized spacial score (nSPS) is 11.4. The third-order valence-electron chi connectivity index (χ3n) is 6.18. The van der Waals surface area contributed by atoms with Gasteiger partial charge in [-0.3, -0.25) is 4.79 Å². The van der Waals surface area contributed by atoms with Crippen molar-refractivity contribution in [2.75, 3.05) is 20.3 Å². The van der Waals surface area contributed by atoms with Crippen molar-refractivity contribution in [3.8, 4) is 22.9 Å². The Morgan fingerprint density at radius 3 is 2.60 bits per heavy atom. The fraction of sp³-hybridized carbons (Fsp3) is 0.267. The first-order valence-electron chi connectivity index (χ1n) is 12.7. The highest BCUT2D eigenvalue weighted by Crippen LogP contribution is 2.35. The molecule has 208 valence electrons. The van der Waals surface area contributed by atoms with E-state index in [2.05, 4.69) is 39.6 Å². The highest BCUT2D eigenvalue weighted by Gasteiger charge is 2.19. The molecule has 0 saturated heterocycles. The Bertz CT molecular complexity index is 1640. The molecule has 0 N–H and O–H groups in total. The predicted molar refractivity (Wildman–Crippen MR) is 161 cm³/mol. The van der Waals surface area contributed by atoms with Crippen LogP contribution >= 0.6 is 27.5 Å². The van der Waals surface area contributed by atoms with Gasteiger partial charge in [0.2, 0.25) is 0 Å². The number of para-hydroxylation sites is 1. The summed E-state index contributed by atoms with van der Waals surface area (Å²) in [7, 11) is 1.28. The number of esters is 1. The van der Waals surface area contributed by atoms with Crippen LogP contribution in [0.2, 0.25) is 5.02 Å². The monoisotopic (exact) mass is 625 g/mol. The van der Waals surface area contributed by atoms with Crippen LogP contribution < -0.4 is 15.0 Å². The minimum atomic E-state index is -0.533. The Kier molecular flexibility index (Phi) is 9.27. The average Bonchev–Trinajstić information content (AvgIpc) is 2.92. The minimum absolute atomic E-state index is 0.185. The zero-order valence-corrected chi connectivity index (χ0v) is 25.2. The molecular weight excluding hydrogens is 598 g/mol. The van der Waals surface area contributed by atoms with Crippen molar-refractivity contribution in [3.63, 3.8) is 0 Å². The molecule has 0 radical (unpaired) electrons. The lowest BCUT2D eigenvalue weighted by Gasteiger charge is -2.18. The second-order valence-corrected chi connectivity index (χ2v) is 10.5. The number of rotatable bonds is 9. The number of ether oxygens (including phenoxy) is 3. The molecule has 0 aliphatic rings. The SMILES string of the molecule is CCOc1cc(C)c(-c2nc3ccccc3c(=O)n2N=Cc2cc(Cl)c(OCC(=O)OC)c(Br)c2)cc1C(C)C. The van der Waals surface area contributed by atoms with Crippen molar-refractivity contribution in [2.24, 2.45) is 5.10 Å². The van der Waals surface area contributed by atoms with Crippen molar-refractivity contribution in [3.05, 3.63) is 85.1 Å². The molecule has 1 aromatic heterocycles. The third-order valence-corrected chi connectivity index (χ3v) is 7.05. The van der Waals surface area contributed by atoms with Crippen LogP contribution in [-0.2, 0) is 9.53 Å². The number of aryl methyl sites for hydroxylation is 1. The molecule has 0 fully saturated rings. The topological polar surface area (TPSA) is 92.0 Å². The summed E-state index contributed by atoms with van der Waals surface area (Å²) in [6.45, 7) is 8.36. The molecule has 4 aromatic rings. The van der Waals surface area contributed by atoms with E-state index in [1.54, 1.807) is 24.3 Å². The number of methoxy groups -OCH3 is 1. The van der Waals surface area contributed by atoms with Gasteiger partial charge in [0, 0.05) is 5.56 Å². The van der Waals surface area contributed by atoms with Gasteiger partial charge < -0.3 is 14.2 Å².